The van der Waals surface area contributed by atoms with Gasteiger partial charge in [0.15, 0.2) is 5.65 Å². The Kier molecular flexibility index (Phi) is 5.04. The van der Waals surface area contributed by atoms with Crippen LogP contribution < -0.4 is 21.5 Å². The SMILES string of the molecule is CNc1cc(Nc2cccn([C@H]3C[C@H](F)C3)c2=O)nc2c(C(=O)N[C@H]3CC[C@@H]3O)cnn12. The van der Waals surface area contributed by atoms with Gasteiger partial charge in [-0.05, 0) is 37.8 Å². The number of aromatic nitrogens is 4. The van der Waals surface area contributed by atoms with E-state index in [1.54, 1.807) is 31.4 Å². The maximum absolute atomic E-state index is 13.3. The van der Waals surface area contributed by atoms with E-state index in [0.717, 1.165) is 6.42 Å². The van der Waals surface area contributed by atoms with Crippen LogP contribution in [0, 0.1) is 0 Å². The molecule has 3 aromatic rings. The predicted molar refractivity (Wildman–Crippen MR) is 116 cm³/mol. The topological polar surface area (TPSA) is 126 Å². The van der Waals surface area contributed by atoms with Crippen LogP contribution in [0.2, 0.25) is 0 Å². The van der Waals surface area contributed by atoms with Crippen LogP contribution in [0.5, 0.6) is 0 Å². The van der Waals surface area contributed by atoms with E-state index in [2.05, 4.69) is 26.0 Å². The van der Waals surface area contributed by atoms with E-state index in [0.29, 0.717) is 42.2 Å². The summed E-state index contributed by atoms with van der Waals surface area (Å²) in [6, 6.07) is 4.62. The van der Waals surface area contributed by atoms with Crippen molar-refractivity contribution in [2.75, 3.05) is 17.7 Å². The van der Waals surface area contributed by atoms with Crippen molar-refractivity contribution >= 4 is 28.9 Å². The van der Waals surface area contributed by atoms with E-state index < -0.39 is 12.3 Å². The average molecular weight is 441 g/mol. The number of halogens is 1. The third-order valence-electron chi connectivity index (χ3n) is 6.21. The number of rotatable bonds is 6. The van der Waals surface area contributed by atoms with Gasteiger partial charge in [-0.3, -0.25) is 9.59 Å². The fourth-order valence-electron chi connectivity index (χ4n) is 4.04. The van der Waals surface area contributed by atoms with Crippen LogP contribution in [0.4, 0.5) is 21.7 Å². The molecule has 3 aromatic heterocycles. The van der Waals surface area contributed by atoms with Crippen molar-refractivity contribution in [3.63, 3.8) is 0 Å². The molecule has 0 bridgehead atoms. The number of alkyl halides is 1. The maximum atomic E-state index is 13.3. The third kappa shape index (κ3) is 3.48. The molecule has 0 aliphatic heterocycles. The van der Waals surface area contributed by atoms with Gasteiger partial charge in [0.25, 0.3) is 11.5 Å². The molecule has 2 atom stereocenters. The standard InChI is InChI=1S/C21H24FN7O3/c1-23-18-9-17(25-15-3-2-6-28(21(15)32)12-7-11(22)8-12)27-19-13(10-24-29(18)19)20(31)26-14-4-5-16(14)30/h2-3,6,9-12,14,16,23,30H,4-5,7-8H2,1H3,(H,25,27)(H,26,31)/t11-,12-,14-,16-/m0/s1. The van der Waals surface area contributed by atoms with Gasteiger partial charge in [-0.15, -0.1) is 0 Å². The molecular weight excluding hydrogens is 417 g/mol. The monoisotopic (exact) mass is 441 g/mol. The lowest BCUT2D eigenvalue weighted by Gasteiger charge is -2.32. The Bertz CT molecular complexity index is 1230. The Morgan fingerprint density at radius 2 is 2.12 bits per heavy atom. The van der Waals surface area contributed by atoms with Crippen molar-refractivity contribution in [3.8, 4) is 0 Å². The molecule has 0 unspecified atom stereocenters. The number of pyridine rings is 1. The molecule has 11 heteroatoms. The van der Waals surface area contributed by atoms with Crippen molar-refractivity contribution in [1.29, 1.82) is 0 Å². The van der Waals surface area contributed by atoms with Crippen LogP contribution in [0.25, 0.3) is 5.65 Å². The molecular formula is C21H24FN7O3. The van der Waals surface area contributed by atoms with Gasteiger partial charge in [-0.25, -0.2) is 9.37 Å². The number of aliphatic hydroxyl groups is 1. The van der Waals surface area contributed by atoms with Gasteiger partial charge in [0, 0.05) is 25.4 Å². The van der Waals surface area contributed by atoms with E-state index in [1.165, 1.54) is 15.3 Å². The lowest BCUT2D eigenvalue weighted by atomic mass is 9.89. The molecule has 2 fully saturated rings. The molecule has 1 amide bonds. The Morgan fingerprint density at radius 3 is 2.78 bits per heavy atom. The molecule has 2 aliphatic rings. The van der Waals surface area contributed by atoms with E-state index in [9.17, 15) is 19.1 Å². The molecule has 10 nitrogen and oxygen atoms in total. The fraction of sp³-hybridized carbons (Fsp3) is 0.429. The Labute approximate surface area is 182 Å². The molecule has 5 rings (SSSR count). The van der Waals surface area contributed by atoms with Crippen LogP contribution in [0.15, 0.2) is 35.4 Å². The highest BCUT2D eigenvalue weighted by Gasteiger charge is 2.32. The van der Waals surface area contributed by atoms with Gasteiger partial charge in [0.1, 0.15) is 29.1 Å². The number of carbonyl (C=O) groups excluding carboxylic acids is 1. The lowest BCUT2D eigenvalue weighted by Crippen LogP contribution is -2.50. The highest BCUT2D eigenvalue weighted by molar-refractivity contribution is 6.00. The highest BCUT2D eigenvalue weighted by atomic mass is 19.1. The van der Waals surface area contributed by atoms with Crippen molar-refractivity contribution in [2.24, 2.45) is 0 Å². The largest absolute Gasteiger partial charge is 0.391 e. The summed E-state index contributed by atoms with van der Waals surface area (Å²) in [5.41, 5.74) is 0.610. The summed E-state index contributed by atoms with van der Waals surface area (Å²) < 4.78 is 16.3. The van der Waals surface area contributed by atoms with Crippen LogP contribution >= 0.6 is 0 Å². The van der Waals surface area contributed by atoms with Crippen molar-refractivity contribution in [2.45, 2.75) is 50.0 Å². The number of fused-ring (bicyclic) bond motifs is 1. The molecule has 0 radical (unpaired) electrons. The Hall–Kier alpha value is -3.47. The normalized spacial score (nSPS) is 24.5. The quantitative estimate of drug-likeness (QED) is 0.458. The molecule has 0 saturated heterocycles. The second-order valence-corrected chi connectivity index (χ2v) is 8.28. The van der Waals surface area contributed by atoms with Gasteiger partial charge in [0.2, 0.25) is 0 Å². The van der Waals surface area contributed by atoms with Crippen LogP contribution in [-0.4, -0.2) is 55.5 Å². The average Bonchev–Trinajstić information content (AvgIpc) is 3.19. The molecule has 4 N–H and O–H groups in total. The molecule has 32 heavy (non-hydrogen) atoms. The zero-order valence-corrected chi connectivity index (χ0v) is 17.5. The summed E-state index contributed by atoms with van der Waals surface area (Å²) in [4.78, 5) is 30.1. The minimum absolute atomic E-state index is 0.144. The number of aliphatic hydroxyl groups excluding tert-OH is 1. The molecule has 2 aliphatic carbocycles. The summed E-state index contributed by atoms with van der Waals surface area (Å²) in [6.07, 6.45) is 3.74. The lowest BCUT2D eigenvalue weighted by molar-refractivity contribution is 0.0448. The smallest absolute Gasteiger partial charge is 0.274 e. The van der Waals surface area contributed by atoms with E-state index >= 15 is 0 Å². The minimum atomic E-state index is -0.863. The van der Waals surface area contributed by atoms with E-state index in [1.807, 2.05) is 0 Å². The number of nitrogens with zero attached hydrogens (tertiary/aromatic N) is 4. The fourth-order valence-corrected chi connectivity index (χ4v) is 4.04. The summed E-state index contributed by atoms with van der Waals surface area (Å²) >= 11 is 0. The van der Waals surface area contributed by atoms with Gasteiger partial charge >= 0.3 is 0 Å². The van der Waals surface area contributed by atoms with Gasteiger partial charge < -0.3 is 25.6 Å². The number of hydrogen-bond acceptors (Lipinski definition) is 7. The Morgan fingerprint density at radius 1 is 1.31 bits per heavy atom. The summed E-state index contributed by atoms with van der Waals surface area (Å²) in [7, 11) is 1.71. The molecule has 0 spiro atoms. The summed E-state index contributed by atoms with van der Waals surface area (Å²) in [5, 5.41) is 22.9. The first kappa shape index (κ1) is 20.4. The predicted octanol–water partition coefficient (Wildman–Crippen LogP) is 1.60. The van der Waals surface area contributed by atoms with Gasteiger partial charge in [-0.2, -0.15) is 9.61 Å². The van der Waals surface area contributed by atoms with Crippen molar-refractivity contribution in [3.05, 3.63) is 46.5 Å². The highest BCUT2D eigenvalue weighted by Crippen LogP contribution is 2.33. The van der Waals surface area contributed by atoms with Crippen LogP contribution in [0.1, 0.15) is 42.1 Å². The molecule has 168 valence electrons. The second-order valence-electron chi connectivity index (χ2n) is 8.28. The first-order valence-corrected chi connectivity index (χ1v) is 10.6. The Balaban J connectivity index is 1.46. The van der Waals surface area contributed by atoms with E-state index in [4.69, 9.17) is 0 Å². The molecule has 3 heterocycles. The zero-order valence-electron chi connectivity index (χ0n) is 17.5. The number of nitrogens with one attached hydrogen (secondary N) is 3. The van der Waals surface area contributed by atoms with Crippen molar-refractivity contribution < 1.29 is 14.3 Å². The maximum Gasteiger partial charge on any atom is 0.274 e. The number of hydrogen-bond donors (Lipinski definition) is 4. The van der Waals surface area contributed by atoms with Crippen molar-refractivity contribution in [1.82, 2.24) is 24.5 Å². The summed E-state index contributed by atoms with van der Waals surface area (Å²) in [6.45, 7) is 0. The zero-order chi connectivity index (χ0) is 22.4. The second kappa shape index (κ2) is 7.90. The van der Waals surface area contributed by atoms with E-state index in [-0.39, 0.29) is 29.1 Å². The summed E-state index contributed by atoms with van der Waals surface area (Å²) in [5.74, 6) is 0.547. The van der Waals surface area contributed by atoms with Gasteiger partial charge in [-0.1, -0.05) is 0 Å². The van der Waals surface area contributed by atoms with Crippen LogP contribution in [-0.2, 0) is 0 Å². The first-order chi connectivity index (χ1) is 15.4. The minimum Gasteiger partial charge on any atom is -0.391 e. The first-order valence-electron chi connectivity index (χ1n) is 10.6. The third-order valence-corrected chi connectivity index (χ3v) is 6.21. The molecule has 2 saturated carbocycles. The number of anilines is 3. The molecule has 0 aromatic carbocycles. The van der Waals surface area contributed by atoms with Gasteiger partial charge in [0.05, 0.1) is 18.3 Å². The number of amides is 1. The number of carbonyl (C=O) groups is 1. The van der Waals surface area contributed by atoms with Crippen LogP contribution in [0.3, 0.4) is 0 Å².